The Bertz CT molecular complexity index is 978. The molecule has 1 atom stereocenters. The molecule has 0 saturated carbocycles. The summed E-state index contributed by atoms with van der Waals surface area (Å²) < 4.78 is 41.8. The molecule has 0 bridgehead atoms. The molecule has 1 amide bonds. The van der Waals surface area contributed by atoms with Crippen molar-refractivity contribution in [2.24, 2.45) is 5.92 Å². The van der Waals surface area contributed by atoms with E-state index >= 15 is 0 Å². The van der Waals surface area contributed by atoms with Crippen LogP contribution in [0.3, 0.4) is 0 Å². The van der Waals surface area contributed by atoms with E-state index in [1.807, 2.05) is 30.5 Å². The van der Waals surface area contributed by atoms with E-state index in [0.29, 0.717) is 24.3 Å². The molecular formula is C19H18F3N5O. The van der Waals surface area contributed by atoms with Crippen molar-refractivity contribution in [2.75, 3.05) is 5.32 Å². The molecule has 0 saturated heterocycles. The predicted molar refractivity (Wildman–Crippen MR) is 95.4 cm³/mol. The van der Waals surface area contributed by atoms with Gasteiger partial charge in [-0.15, -0.1) is 0 Å². The number of benzene rings is 1. The van der Waals surface area contributed by atoms with E-state index in [9.17, 15) is 18.0 Å². The molecule has 2 aromatic heterocycles. The van der Waals surface area contributed by atoms with Crippen molar-refractivity contribution in [3.05, 3.63) is 66.0 Å². The van der Waals surface area contributed by atoms with Crippen molar-refractivity contribution in [3.63, 3.8) is 0 Å². The number of halogens is 3. The maximum Gasteiger partial charge on any atom is 0.449 e. The van der Waals surface area contributed by atoms with Crippen LogP contribution in [0.1, 0.15) is 23.5 Å². The fourth-order valence-electron chi connectivity index (χ4n) is 3.49. The van der Waals surface area contributed by atoms with Crippen LogP contribution in [0.5, 0.6) is 0 Å². The Kier molecular flexibility index (Phi) is 4.66. The lowest BCUT2D eigenvalue weighted by Gasteiger charge is -2.24. The number of aromatic nitrogens is 4. The van der Waals surface area contributed by atoms with Crippen molar-refractivity contribution in [2.45, 2.75) is 32.1 Å². The second-order valence-electron chi connectivity index (χ2n) is 6.81. The highest BCUT2D eigenvalue weighted by Crippen LogP contribution is 2.32. The number of hydrogen-bond donors (Lipinski definition) is 1. The van der Waals surface area contributed by atoms with E-state index in [1.54, 1.807) is 16.9 Å². The number of carbonyl (C=O) groups excluding carboxylic acids is 1. The summed E-state index contributed by atoms with van der Waals surface area (Å²) in [6, 6.07) is 9.28. The molecule has 0 spiro atoms. The molecular weight excluding hydrogens is 371 g/mol. The van der Waals surface area contributed by atoms with Gasteiger partial charge in [0, 0.05) is 48.9 Å². The van der Waals surface area contributed by atoms with Gasteiger partial charge in [0.15, 0.2) is 0 Å². The first-order chi connectivity index (χ1) is 13.4. The van der Waals surface area contributed by atoms with Crippen LogP contribution in [0.25, 0.3) is 0 Å². The van der Waals surface area contributed by atoms with Crippen molar-refractivity contribution in [1.29, 1.82) is 0 Å². The van der Waals surface area contributed by atoms with Gasteiger partial charge in [-0.05, 0) is 30.2 Å². The van der Waals surface area contributed by atoms with Crippen LogP contribution in [0.2, 0.25) is 0 Å². The quantitative estimate of drug-likeness (QED) is 0.744. The van der Waals surface area contributed by atoms with Gasteiger partial charge in [-0.25, -0.2) is 4.98 Å². The summed E-state index contributed by atoms with van der Waals surface area (Å²) >= 11 is 0. The minimum Gasteiger partial charge on any atom is -0.326 e. The Morgan fingerprint density at radius 1 is 1.29 bits per heavy atom. The van der Waals surface area contributed by atoms with E-state index in [-0.39, 0.29) is 24.8 Å². The lowest BCUT2D eigenvalue weighted by molar-refractivity contribution is -0.147. The summed E-state index contributed by atoms with van der Waals surface area (Å²) in [6.07, 6.45) is 0.859. The summed E-state index contributed by atoms with van der Waals surface area (Å²) in [7, 11) is 0. The van der Waals surface area contributed by atoms with Gasteiger partial charge in [-0.2, -0.15) is 18.3 Å². The number of nitrogens with one attached hydrogen (secondary N) is 1. The molecule has 1 N–H and O–H groups in total. The summed E-state index contributed by atoms with van der Waals surface area (Å²) in [5.41, 5.74) is 2.08. The molecule has 3 aromatic rings. The van der Waals surface area contributed by atoms with Crippen LogP contribution >= 0.6 is 0 Å². The number of fused-ring (bicyclic) bond motifs is 1. The summed E-state index contributed by atoms with van der Waals surface area (Å²) in [4.78, 5) is 16.1. The molecule has 0 unspecified atom stereocenters. The number of hydrogen-bond acceptors (Lipinski definition) is 3. The molecule has 4 rings (SSSR count). The average Bonchev–Trinajstić information content (AvgIpc) is 3.30. The Hall–Kier alpha value is -3.10. The van der Waals surface area contributed by atoms with E-state index in [4.69, 9.17) is 0 Å². The van der Waals surface area contributed by atoms with Crippen molar-refractivity contribution < 1.29 is 18.0 Å². The zero-order valence-corrected chi connectivity index (χ0v) is 14.9. The van der Waals surface area contributed by atoms with Crippen LogP contribution in [-0.2, 0) is 30.5 Å². The molecule has 1 aliphatic rings. The third-order valence-electron chi connectivity index (χ3n) is 4.82. The molecule has 1 aliphatic heterocycles. The summed E-state index contributed by atoms with van der Waals surface area (Å²) in [6.45, 7) is 0.709. The van der Waals surface area contributed by atoms with Gasteiger partial charge >= 0.3 is 6.18 Å². The Balaban J connectivity index is 1.43. The van der Waals surface area contributed by atoms with Crippen LogP contribution in [-0.4, -0.2) is 25.2 Å². The molecule has 146 valence electrons. The van der Waals surface area contributed by atoms with E-state index in [2.05, 4.69) is 15.4 Å². The molecule has 28 heavy (non-hydrogen) atoms. The number of nitrogens with zero attached hydrogens (tertiary/aromatic N) is 4. The molecule has 9 heteroatoms. The molecule has 3 heterocycles. The Morgan fingerprint density at radius 3 is 2.89 bits per heavy atom. The highest BCUT2D eigenvalue weighted by atomic mass is 19.4. The van der Waals surface area contributed by atoms with Crippen LogP contribution < -0.4 is 5.32 Å². The standard InChI is InChI=1S/C19H18F3N5O/c20-19(21,22)18-23-11-16-10-14(5-8-27(16)18)17(28)25-15-4-1-3-13(9-15)12-26-7-2-6-24-26/h1-4,6-7,9,11,14H,5,8,10,12H2,(H,25,28)/t14-/m1/s1. The first-order valence-electron chi connectivity index (χ1n) is 8.89. The number of alkyl halides is 3. The third kappa shape index (κ3) is 3.78. The monoisotopic (exact) mass is 389 g/mol. The van der Waals surface area contributed by atoms with Gasteiger partial charge in [-0.3, -0.25) is 9.48 Å². The van der Waals surface area contributed by atoms with E-state index < -0.39 is 12.0 Å². The van der Waals surface area contributed by atoms with Crippen LogP contribution in [0.4, 0.5) is 18.9 Å². The highest BCUT2D eigenvalue weighted by Gasteiger charge is 2.39. The fraction of sp³-hybridized carbons (Fsp3) is 0.316. The zero-order valence-electron chi connectivity index (χ0n) is 14.9. The first kappa shape index (κ1) is 18.3. The van der Waals surface area contributed by atoms with Gasteiger partial charge < -0.3 is 9.88 Å². The minimum atomic E-state index is -4.48. The second-order valence-corrected chi connectivity index (χ2v) is 6.81. The lowest BCUT2D eigenvalue weighted by atomic mass is 9.95. The fourth-order valence-corrected chi connectivity index (χ4v) is 3.49. The van der Waals surface area contributed by atoms with Gasteiger partial charge in [0.25, 0.3) is 0 Å². The largest absolute Gasteiger partial charge is 0.449 e. The maximum absolute atomic E-state index is 13.0. The van der Waals surface area contributed by atoms with Gasteiger partial charge in [0.1, 0.15) is 0 Å². The molecule has 0 radical (unpaired) electrons. The molecule has 1 aromatic carbocycles. The topological polar surface area (TPSA) is 64.7 Å². The molecule has 6 nitrogen and oxygen atoms in total. The molecule has 0 fully saturated rings. The Morgan fingerprint density at radius 2 is 2.14 bits per heavy atom. The number of amides is 1. The third-order valence-corrected chi connectivity index (χ3v) is 4.82. The first-order valence-corrected chi connectivity index (χ1v) is 8.89. The predicted octanol–water partition coefficient (Wildman–Crippen LogP) is 3.35. The lowest BCUT2D eigenvalue weighted by Crippen LogP contribution is -2.31. The number of carbonyl (C=O) groups is 1. The number of anilines is 1. The van der Waals surface area contributed by atoms with Gasteiger partial charge in [0.05, 0.1) is 6.54 Å². The zero-order chi connectivity index (χ0) is 19.7. The van der Waals surface area contributed by atoms with E-state index in [1.165, 1.54) is 6.20 Å². The maximum atomic E-state index is 13.0. The normalized spacial score (nSPS) is 16.6. The summed E-state index contributed by atoms with van der Waals surface area (Å²) in [5, 5.41) is 7.04. The van der Waals surface area contributed by atoms with Gasteiger partial charge in [-0.1, -0.05) is 12.1 Å². The highest BCUT2D eigenvalue weighted by molar-refractivity contribution is 5.92. The van der Waals surface area contributed by atoms with E-state index in [0.717, 1.165) is 10.1 Å². The average molecular weight is 389 g/mol. The smallest absolute Gasteiger partial charge is 0.326 e. The van der Waals surface area contributed by atoms with Crippen LogP contribution in [0, 0.1) is 5.92 Å². The second kappa shape index (κ2) is 7.14. The van der Waals surface area contributed by atoms with Crippen LogP contribution in [0.15, 0.2) is 48.9 Å². The van der Waals surface area contributed by atoms with Gasteiger partial charge in [0.2, 0.25) is 11.7 Å². The van der Waals surface area contributed by atoms with Crippen molar-refractivity contribution >= 4 is 11.6 Å². The number of rotatable bonds is 4. The molecule has 0 aliphatic carbocycles. The number of imidazole rings is 1. The Labute approximate surface area is 159 Å². The van der Waals surface area contributed by atoms with Crippen molar-refractivity contribution in [3.8, 4) is 0 Å². The SMILES string of the molecule is O=C(Nc1cccc(Cn2cccn2)c1)[C@@H]1CCn2c(cnc2C(F)(F)F)C1. The minimum absolute atomic E-state index is 0.127. The van der Waals surface area contributed by atoms with Crippen molar-refractivity contribution in [1.82, 2.24) is 19.3 Å². The summed E-state index contributed by atoms with van der Waals surface area (Å²) in [5.74, 6) is -1.48.